The zero-order chi connectivity index (χ0) is 26.7. The first kappa shape index (κ1) is 26.0. The minimum atomic E-state index is 0. The van der Waals surface area contributed by atoms with Crippen molar-refractivity contribution in [3.8, 4) is 28.6 Å². The molecule has 7 nitrogen and oxygen atoms in total. The zero-order valence-electron chi connectivity index (χ0n) is 22.4. The van der Waals surface area contributed by atoms with E-state index in [0.717, 1.165) is 38.9 Å². The van der Waals surface area contributed by atoms with Gasteiger partial charge in [0.25, 0.3) is 0 Å². The van der Waals surface area contributed by atoms with Crippen molar-refractivity contribution in [3.63, 3.8) is 0 Å². The molecule has 40 heavy (non-hydrogen) atoms. The molecule has 0 atom stereocenters. The van der Waals surface area contributed by atoms with Crippen molar-refractivity contribution >= 4 is 27.6 Å². The predicted octanol–water partition coefficient (Wildman–Crippen LogP) is 6.40. The van der Waals surface area contributed by atoms with Gasteiger partial charge in [0.1, 0.15) is 5.82 Å². The summed E-state index contributed by atoms with van der Waals surface area (Å²) in [6.07, 6.45) is 6.61. The Balaban J connectivity index is 0.00000289. The molecule has 0 aliphatic heterocycles. The van der Waals surface area contributed by atoms with Gasteiger partial charge in [-0.15, -0.1) is 35.7 Å². The van der Waals surface area contributed by atoms with E-state index in [1.54, 1.807) is 22.4 Å². The first-order valence-corrected chi connectivity index (χ1v) is 12.7. The van der Waals surface area contributed by atoms with E-state index in [2.05, 4.69) is 85.3 Å². The molecular formula is C32H25N5O2Pt-2. The smallest absolute Gasteiger partial charge is 0.323 e. The number of ether oxygens (including phenoxy) is 1. The maximum Gasteiger partial charge on any atom is 0.323 e. The van der Waals surface area contributed by atoms with Crippen LogP contribution in [0, 0.1) is 18.5 Å². The van der Waals surface area contributed by atoms with Crippen molar-refractivity contribution in [2.75, 3.05) is 0 Å². The van der Waals surface area contributed by atoms with Gasteiger partial charge >= 0.3 is 5.84 Å². The van der Waals surface area contributed by atoms with E-state index >= 15 is 0 Å². The number of nitrogens with zero attached hydrogens (tertiary/aromatic N) is 5. The Morgan fingerprint density at radius 2 is 1.75 bits per heavy atom. The van der Waals surface area contributed by atoms with Gasteiger partial charge in [0.05, 0.1) is 19.0 Å². The third kappa shape index (κ3) is 4.40. The molecule has 0 spiro atoms. The topological polar surface area (TPSA) is 61.4 Å². The zero-order valence-corrected chi connectivity index (χ0v) is 24.6. The van der Waals surface area contributed by atoms with Crippen LogP contribution in [-0.2, 0) is 33.5 Å². The number of pyridine rings is 1. The van der Waals surface area contributed by atoms with Gasteiger partial charge in [-0.25, -0.2) is 4.98 Å². The molecule has 0 N–H and O–H groups in total. The number of oxazole rings is 1. The number of hydrogen-bond donors (Lipinski definition) is 0. The Hall–Kier alpha value is -4.22. The SMILES string of the molecule is C[n+]1[c-]n2c(-c3[c-]c(Oc4[c-]c5c(cc4)c4ccccc4n5-c4cc(C(C)(C)C)ccn4)ccc3)coc2n1.[Pt]. The Bertz CT molecular complexity index is 2010. The van der Waals surface area contributed by atoms with E-state index in [1.165, 1.54) is 5.56 Å². The standard InChI is InChI=1S/C32H25N5O2.Pt/c1-32(2,3)22-14-15-33-30(17-22)37-27-11-6-5-10-25(27)26-13-12-24(18-28(26)37)39-23-9-7-8-21(16-23)29-19-38-31-34-35(4)20-36(29)31;/h5-15,17,19H,1-4H3;/q-2;. The van der Waals surface area contributed by atoms with Crippen LogP contribution in [0.15, 0.2) is 83.6 Å². The number of para-hydroxylation sites is 1. The van der Waals surface area contributed by atoms with Crippen LogP contribution in [0.2, 0.25) is 0 Å². The van der Waals surface area contributed by atoms with Crippen LogP contribution in [0.25, 0.3) is 44.7 Å². The molecule has 0 saturated heterocycles. The quantitative estimate of drug-likeness (QED) is 0.157. The first-order chi connectivity index (χ1) is 18.8. The van der Waals surface area contributed by atoms with E-state index in [-0.39, 0.29) is 26.5 Å². The Morgan fingerprint density at radius 3 is 2.60 bits per heavy atom. The molecule has 8 heteroatoms. The summed E-state index contributed by atoms with van der Waals surface area (Å²) in [6.45, 7) is 6.63. The largest absolute Gasteiger partial charge is 0.503 e. The fourth-order valence-electron chi connectivity index (χ4n) is 4.92. The number of aryl methyl sites for hydroxylation is 1. The maximum absolute atomic E-state index is 6.29. The first-order valence-electron chi connectivity index (χ1n) is 12.7. The second kappa shape index (κ2) is 9.76. The minimum Gasteiger partial charge on any atom is -0.503 e. The van der Waals surface area contributed by atoms with Crippen LogP contribution in [0.3, 0.4) is 0 Å². The molecule has 0 unspecified atom stereocenters. The van der Waals surface area contributed by atoms with Gasteiger partial charge in [-0.1, -0.05) is 61.2 Å². The molecule has 0 saturated carbocycles. The van der Waals surface area contributed by atoms with Gasteiger partial charge in [-0.3, -0.25) is 4.40 Å². The summed E-state index contributed by atoms with van der Waals surface area (Å²) in [7, 11) is 1.80. The van der Waals surface area contributed by atoms with Crippen molar-refractivity contribution in [2.24, 2.45) is 7.05 Å². The number of rotatable bonds is 4. The molecule has 0 radical (unpaired) electrons. The molecule has 4 heterocycles. The summed E-state index contributed by atoms with van der Waals surface area (Å²) < 4.78 is 17.4. The number of fused-ring (bicyclic) bond motifs is 4. The van der Waals surface area contributed by atoms with Gasteiger partial charge < -0.3 is 13.7 Å². The van der Waals surface area contributed by atoms with E-state index in [9.17, 15) is 0 Å². The number of aromatic nitrogens is 5. The molecule has 202 valence electrons. The third-order valence-corrected chi connectivity index (χ3v) is 6.85. The Labute approximate surface area is 245 Å². The molecule has 0 amide bonds. The summed E-state index contributed by atoms with van der Waals surface area (Å²) in [5, 5.41) is 6.47. The second-order valence-corrected chi connectivity index (χ2v) is 10.6. The molecule has 0 fully saturated rings. The molecule has 0 aliphatic rings. The van der Waals surface area contributed by atoms with Crippen molar-refractivity contribution in [3.05, 3.63) is 103 Å². The average molecular weight is 707 g/mol. The van der Waals surface area contributed by atoms with Crippen LogP contribution < -0.4 is 9.42 Å². The van der Waals surface area contributed by atoms with E-state index in [1.807, 2.05) is 36.5 Å². The van der Waals surface area contributed by atoms with Gasteiger partial charge in [-0.2, -0.15) is 10.7 Å². The summed E-state index contributed by atoms with van der Waals surface area (Å²) >= 11 is 0. The minimum absolute atomic E-state index is 0. The van der Waals surface area contributed by atoms with Gasteiger partial charge in [0.15, 0.2) is 0 Å². The predicted molar refractivity (Wildman–Crippen MR) is 148 cm³/mol. The molecule has 3 aromatic carbocycles. The molecule has 4 aromatic heterocycles. The van der Waals surface area contributed by atoms with Crippen molar-refractivity contribution < 1.29 is 34.9 Å². The van der Waals surface area contributed by atoms with Crippen LogP contribution >= 0.6 is 0 Å². The summed E-state index contributed by atoms with van der Waals surface area (Å²) in [5.41, 5.74) is 4.78. The van der Waals surface area contributed by atoms with Crippen LogP contribution in [0.4, 0.5) is 0 Å². The van der Waals surface area contributed by atoms with Crippen molar-refractivity contribution in [2.45, 2.75) is 26.2 Å². The fourth-order valence-corrected chi connectivity index (χ4v) is 4.92. The molecule has 7 rings (SSSR count). The average Bonchev–Trinajstić information content (AvgIpc) is 3.58. The van der Waals surface area contributed by atoms with Crippen LogP contribution in [-0.4, -0.2) is 19.1 Å². The molecule has 7 aromatic rings. The van der Waals surface area contributed by atoms with Crippen molar-refractivity contribution in [1.82, 2.24) is 19.1 Å². The van der Waals surface area contributed by atoms with E-state index in [0.29, 0.717) is 17.3 Å². The third-order valence-electron chi connectivity index (χ3n) is 6.85. The van der Waals surface area contributed by atoms with Crippen LogP contribution in [0.5, 0.6) is 11.5 Å². The van der Waals surface area contributed by atoms with Gasteiger partial charge in [0, 0.05) is 44.3 Å². The Kier molecular flexibility index (Phi) is 6.35. The summed E-state index contributed by atoms with van der Waals surface area (Å²) in [4.78, 5) is 4.75. The summed E-state index contributed by atoms with van der Waals surface area (Å²) in [6, 6.07) is 29.2. The van der Waals surface area contributed by atoms with E-state index in [4.69, 9.17) is 14.1 Å². The fraction of sp³-hybridized carbons (Fsp3) is 0.156. The second-order valence-electron chi connectivity index (χ2n) is 10.6. The van der Waals surface area contributed by atoms with Crippen LogP contribution in [0.1, 0.15) is 26.3 Å². The number of hydrogen-bond acceptors (Lipinski definition) is 4. The molecule has 0 aliphatic carbocycles. The monoisotopic (exact) mass is 706 g/mol. The molecular weight excluding hydrogens is 681 g/mol. The van der Waals surface area contributed by atoms with E-state index < -0.39 is 0 Å². The molecule has 0 bridgehead atoms. The summed E-state index contributed by atoms with van der Waals surface area (Å²) in [5.74, 6) is 2.47. The number of benzene rings is 3. The van der Waals surface area contributed by atoms with Gasteiger partial charge in [-0.05, 0) is 34.6 Å². The maximum atomic E-state index is 6.29. The normalized spacial score (nSPS) is 11.8. The van der Waals surface area contributed by atoms with Gasteiger partial charge in [0.2, 0.25) is 6.33 Å². The Morgan fingerprint density at radius 1 is 0.925 bits per heavy atom. The van der Waals surface area contributed by atoms with Crippen molar-refractivity contribution in [1.29, 1.82) is 0 Å².